The Balaban J connectivity index is 1.58. The SMILES string of the molecule is O=C(Cc1ccc(S(=O)(=O)N2CCCCC2)cc1)NC1CCCNC1. The van der Waals surface area contributed by atoms with Crippen molar-refractivity contribution in [2.24, 2.45) is 0 Å². The topological polar surface area (TPSA) is 78.5 Å². The largest absolute Gasteiger partial charge is 0.352 e. The molecule has 0 saturated carbocycles. The molecule has 2 saturated heterocycles. The molecule has 1 aromatic rings. The standard InChI is InChI=1S/C18H27N3O3S/c22-18(20-16-5-4-10-19-14-16)13-15-6-8-17(9-7-15)25(23,24)21-11-2-1-3-12-21/h6-9,16,19H,1-5,10-14H2,(H,20,22). The number of nitrogens with zero attached hydrogens (tertiary/aromatic N) is 1. The lowest BCUT2D eigenvalue weighted by molar-refractivity contribution is -0.121. The van der Waals surface area contributed by atoms with E-state index in [-0.39, 0.29) is 18.4 Å². The second-order valence-corrected chi connectivity index (χ2v) is 8.83. The Bertz CT molecular complexity index is 676. The van der Waals surface area contributed by atoms with Crippen LogP contribution in [0.1, 0.15) is 37.7 Å². The van der Waals surface area contributed by atoms with E-state index in [2.05, 4.69) is 10.6 Å². The third-order valence-corrected chi connectivity index (χ3v) is 6.82. The third-order valence-electron chi connectivity index (χ3n) is 4.90. The molecule has 0 aromatic heterocycles. The average Bonchev–Trinajstić information content (AvgIpc) is 2.63. The fourth-order valence-electron chi connectivity index (χ4n) is 3.47. The summed E-state index contributed by atoms with van der Waals surface area (Å²) < 4.78 is 26.8. The second-order valence-electron chi connectivity index (χ2n) is 6.90. The zero-order valence-corrected chi connectivity index (χ0v) is 15.4. The van der Waals surface area contributed by atoms with Gasteiger partial charge in [0, 0.05) is 25.7 Å². The molecule has 0 radical (unpaired) electrons. The summed E-state index contributed by atoms with van der Waals surface area (Å²) in [6.07, 6.45) is 5.30. The molecule has 2 aliphatic heterocycles. The molecule has 25 heavy (non-hydrogen) atoms. The summed E-state index contributed by atoms with van der Waals surface area (Å²) in [6, 6.07) is 6.93. The van der Waals surface area contributed by atoms with Crippen LogP contribution in [0.4, 0.5) is 0 Å². The van der Waals surface area contributed by atoms with E-state index in [1.165, 1.54) is 0 Å². The quantitative estimate of drug-likeness (QED) is 0.824. The van der Waals surface area contributed by atoms with Crippen molar-refractivity contribution in [1.82, 2.24) is 14.9 Å². The minimum atomic E-state index is -3.41. The van der Waals surface area contributed by atoms with E-state index in [1.807, 2.05) is 0 Å². The van der Waals surface area contributed by atoms with Crippen LogP contribution < -0.4 is 10.6 Å². The molecule has 0 bridgehead atoms. The van der Waals surface area contributed by atoms with Gasteiger partial charge in [0.15, 0.2) is 0 Å². The number of sulfonamides is 1. The zero-order valence-electron chi connectivity index (χ0n) is 14.5. The number of nitrogens with one attached hydrogen (secondary N) is 2. The van der Waals surface area contributed by atoms with Crippen molar-refractivity contribution < 1.29 is 13.2 Å². The predicted octanol–water partition coefficient (Wildman–Crippen LogP) is 1.27. The molecule has 2 heterocycles. The van der Waals surface area contributed by atoms with E-state index < -0.39 is 10.0 Å². The Hall–Kier alpha value is -1.44. The lowest BCUT2D eigenvalue weighted by atomic mass is 10.1. The van der Waals surface area contributed by atoms with Crippen molar-refractivity contribution in [2.45, 2.75) is 49.5 Å². The molecule has 3 rings (SSSR count). The van der Waals surface area contributed by atoms with Gasteiger partial charge in [-0.25, -0.2) is 8.42 Å². The Morgan fingerprint density at radius 1 is 1.12 bits per heavy atom. The van der Waals surface area contributed by atoms with Crippen molar-refractivity contribution in [3.8, 4) is 0 Å². The number of hydrogen-bond donors (Lipinski definition) is 2. The van der Waals surface area contributed by atoms with Crippen LogP contribution in [0, 0.1) is 0 Å². The molecular formula is C18H27N3O3S. The summed E-state index contributed by atoms with van der Waals surface area (Å²) in [7, 11) is -3.41. The van der Waals surface area contributed by atoms with Crippen LogP contribution in [0.25, 0.3) is 0 Å². The molecule has 1 unspecified atom stereocenters. The minimum Gasteiger partial charge on any atom is -0.352 e. The molecule has 0 aliphatic carbocycles. The zero-order chi connectivity index (χ0) is 17.7. The van der Waals surface area contributed by atoms with E-state index in [4.69, 9.17) is 0 Å². The molecule has 0 spiro atoms. The summed E-state index contributed by atoms with van der Waals surface area (Å²) in [4.78, 5) is 12.5. The van der Waals surface area contributed by atoms with Gasteiger partial charge in [0.05, 0.1) is 11.3 Å². The number of amides is 1. The normalized spacial score (nSPS) is 22.5. The molecule has 1 aromatic carbocycles. The smallest absolute Gasteiger partial charge is 0.243 e. The molecule has 2 N–H and O–H groups in total. The number of benzene rings is 1. The van der Waals surface area contributed by atoms with E-state index in [0.29, 0.717) is 18.0 Å². The van der Waals surface area contributed by atoms with Gasteiger partial charge >= 0.3 is 0 Å². The van der Waals surface area contributed by atoms with Crippen LogP contribution in [0.15, 0.2) is 29.2 Å². The van der Waals surface area contributed by atoms with Crippen LogP contribution in [-0.4, -0.2) is 50.9 Å². The Labute approximate surface area is 150 Å². The molecule has 138 valence electrons. The maximum atomic E-state index is 12.6. The lowest BCUT2D eigenvalue weighted by Gasteiger charge is -2.26. The second kappa shape index (κ2) is 8.29. The van der Waals surface area contributed by atoms with Gasteiger partial charge in [0.2, 0.25) is 15.9 Å². The third kappa shape index (κ3) is 4.80. The van der Waals surface area contributed by atoms with Crippen LogP contribution >= 0.6 is 0 Å². The molecule has 2 aliphatic rings. The molecule has 1 amide bonds. The van der Waals surface area contributed by atoms with Crippen LogP contribution in [-0.2, 0) is 21.2 Å². The first kappa shape index (κ1) is 18.4. The van der Waals surface area contributed by atoms with Gasteiger partial charge in [-0.15, -0.1) is 0 Å². The first-order valence-corrected chi connectivity index (χ1v) is 10.6. The van der Waals surface area contributed by atoms with Crippen LogP contribution in [0.5, 0.6) is 0 Å². The summed E-state index contributed by atoms with van der Waals surface area (Å²) in [5.41, 5.74) is 0.832. The molecule has 2 fully saturated rings. The van der Waals surface area contributed by atoms with Gasteiger partial charge in [-0.2, -0.15) is 4.31 Å². The van der Waals surface area contributed by atoms with Gasteiger partial charge in [0.1, 0.15) is 0 Å². The van der Waals surface area contributed by atoms with Gasteiger partial charge in [-0.3, -0.25) is 4.79 Å². The van der Waals surface area contributed by atoms with Gasteiger partial charge in [-0.1, -0.05) is 18.6 Å². The predicted molar refractivity (Wildman–Crippen MR) is 96.8 cm³/mol. The average molecular weight is 365 g/mol. The number of carbonyl (C=O) groups is 1. The first-order valence-electron chi connectivity index (χ1n) is 9.15. The van der Waals surface area contributed by atoms with E-state index in [1.54, 1.807) is 28.6 Å². The molecule has 6 nitrogen and oxygen atoms in total. The fraction of sp³-hybridized carbons (Fsp3) is 0.611. The maximum absolute atomic E-state index is 12.6. The number of rotatable bonds is 5. The Morgan fingerprint density at radius 2 is 1.84 bits per heavy atom. The maximum Gasteiger partial charge on any atom is 0.243 e. The van der Waals surface area contributed by atoms with Gasteiger partial charge < -0.3 is 10.6 Å². The van der Waals surface area contributed by atoms with E-state index in [9.17, 15) is 13.2 Å². The summed E-state index contributed by atoms with van der Waals surface area (Å²) in [6.45, 7) is 3.03. The van der Waals surface area contributed by atoms with Gasteiger partial charge in [-0.05, 0) is 49.9 Å². The number of piperidine rings is 2. The van der Waals surface area contributed by atoms with Crippen molar-refractivity contribution in [3.05, 3.63) is 29.8 Å². The monoisotopic (exact) mass is 365 g/mol. The van der Waals surface area contributed by atoms with Crippen molar-refractivity contribution in [3.63, 3.8) is 0 Å². The molecule has 1 atom stereocenters. The van der Waals surface area contributed by atoms with Gasteiger partial charge in [0.25, 0.3) is 0 Å². The number of hydrogen-bond acceptors (Lipinski definition) is 4. The summed E-state index contributed by atoms with van der Waals surface area (Å²) in [5, 5.41) is 6.31. The van der Waals surface area contributed by atoms with Crippen molar-refractivity contribution in [1.29, 1.82) is 0 Å². The molecular weight excluding hydrogens is 338 g/mol. The van der Waals surface area contributed by atoms with E-state index >= 15 is 0 Å². The molecule has 7 heteroatoms. The highest BCUT2D eigenvalue weighted by Gasteiger charge is 2.25. The lowest BCUT2D eigenvalue weighted by Crippen LogP contribution is -2.46. The summed E-state index contributed by atoms with van der Waals surface area (Å²) >= 11 is 0. The summed E-state index contributed by atoms with van der Waals surface area (Å²) in [5.74, 6) is -0.0136. The Kier molecular flexibility index (Phi) is 6.09. The number of carbonyl (C=O) groups excluding carboxylic acids is 1. The highest BCUT2D eigenvalue weighted by Crippen LogP contribution is 2.21. The Morgan fingerprint density at radius 3 is 2.48 bits per heavy atom. The van der Waals surface area contributed by atoms with E-state index in [0.717, 1.165) is 50.8 Å². The fourth-order valence-corrected chi connectivity index (χ4v) is 4.99. The first-order chi connectivity index (χ1) is 12.1. The van der Waals surface area contributed by atoms with Crippen molar-refractivity contribution >= 4 is 15.9 Å². The highest BCUT2D eigenvalue weighted by atomic mass is 32.2. The van der Waals surface area contributed by atoms with Crippen LogP contribution in [0.3, 0.4) is 0 Å². The van der Waals surface area contributed by atoms with Crippen LogP contribution in [0.2, 0.25) is 0 Å². The van der Waals surface area contributed by atoms with Crippen molar-refractivity contribution in [2.75, 3.05) is 26.2 Å². The highest BCUT2D eigenvalue weighted by molar-refractivity contribution is 7.89. The minimum absolute atomic E-state index is 0.0136.